The van der Waals surface area contributed by atoms with Crippen LogP contribution in [0, 0.1) is 0 Å². The van der Waals surface area contributed by atoms with Crippen LogP contribution in [0.5, 0.6) is 0 Å². The summed E-state index contributed by atoms with van der Waals surface area (Å²) in [7, 11) is 0. The number of thiophene rings is 1. The summed E-state index contributed by atoms with van der Waals surface area (Å²) in [6, 6.07) is 7.94. The van der Waals surface area contributed by atoms with E-state index in [4.69, 9.17) is 9.15 Å². The molecular formula is C17H19BrN2O3S. The van der Waals surface area contributed by atoms with Crippen molar-refractivity contribution in [3.63, 3.8) is 0 Å². The summed E-state index contributed by atoms with van der Waals surface area (Å²) in [5.41, 5.74) is 0. The highest BCUT2D eigenvalue weighted by molar-refractivity contribution is 9.10. The maximum absolute atomic E-state index is 12.1. The molecule has 0 spiro atoms. The van der Waals surface area contributed by atoms with Crippen molar-refractivity contribution in [2.45, 2.75) is 6.04 Å². The average Bonchev–Trinajstić information content (AvgIpc) is 3.26. The summed E-state index contributed by atoms with van der Waals surface area (Å²) in [6.45, 7) is 3.82. The molecule has 0 radical (unpaired) electrons. The van der Waals surface area contributed by atoms with E-state index in [0.717, 1.165) is 26.3 Å². The van der Waals surface area contributed by atoms with Crippen LogP contribution < -0.4 is 5.32 Å². The number of carbonyl (C=O) groups excluding carboxylic acids is 1. The molecule has 0 bridgehead atoms. The number of furan rings is 1. The van der Waals surface area contributed by atoms with E-state index in [1.165, 1.54) is 11.0 Å². The number of nitrogens with zero attached hydrogens (tertiary/aromatic N) is 1. The molecule has 1 amide bonds. The Morgan fingerprint density at radius 3 is 2.88 bits per heavy atom. The lowest BCUT2D eigenvalue weighted by Crippen LogP contribution is -2.43. The molecule has 1 aliphatic rings. The van der Waals surface area contributed by atoms with E-state index in [-0.39, 0.29) is 11.9 Å². The molecular weight excluding hydrogens is 392 g/mol. The number of nitrogens with one attached hydrogen (secondary N) is 1. The minimum atomic E-state index is -0.127. The largest absolute Gasteiger partial charge is 0.450 e. The average molecular weight is 411 g/mol. The van der Waals surface area contributed by atoms with Gasteiger partial charge in [-0.05, 0) is 45.6 Å². The molecule has 0 saturated carbocycles. The number of hydrogen-bond donors (Lipinski definition) is 1. The van der Waals surface area contributed by atoms with Crippen LogP contribution in [0.3, 0.4) is 0 Å². The topological polar surface area (TPSA) is 54.7 Å². The molecule has 128 valence electrons. The minimum absolute atomic E-state index is 0.127. The van der Waals surface area contributed by atoms with Gasteiger partial charge in [-0.3, -0.25) is 9.69 Å². The van der Waals surface area contributed by atoms with Gasteiger partial charge in [0.2, 0.25) is 5.91 Å². The highest BCUT2D eigenvalue weighted by Crippen LogP contribution is 2.25. The number of amides is 1. The first-order chi connectivity index (χ1) is 11.7. The predicted octanol–water partition coefficient (Wildman–Crippen LogP) is 3.31. The normalized spacial score (nSPS) is 17.2. The van der Waals surface area contributed by atoms with Crippen molar-refractivity contribution >= 4 is 39.2 Å². The molecule has 3 heterocycles. The van der Waals surface area contributed by atoms with Gasteiger partial charge in [0.15, 0.2) is 4.67 Å². The molecule has 5 nitrogen and oxygen atoms in total. The Hall–Kier alpha value is -1.41. The van der Waals surface area contributed by atoms with Crippen molar-refractivity contribution in [1.29, 1.82) is 0 Å². The zero-order chi connectivity index (χ0) is 16.8. The first-order valence-electron chi connectivity index (χ1n) is 7.79. The molecule has 0 aliphatic carbocycles. The summed E-state index contributed by atoms with van der Waals surface area (Å²) < 4.78 is 11.4. The van der Waals surface area contributed by atoms with E-state index in [2.05, 4.69) is 37.6 Å². The van der Waals surface area contributed by atoms with Crippen LogP contribution >= 0.6 is 27.3 Å². The molecule has 1 atom stereocenters. The Bertz CT molecular complexity index is 678. The van der Waals surface area contributed by atoms with E-state index in [1.54, 1.807) is 29.5 Å². The van der Waals surface area contributed by atoms with Crippen LogP contribution in [0.4, 0.5) is 0 Å². The zero-order valence-corrected chi connectivity index (χ0v) is 15.5. The van der Waals surface area contributed by atoms with E-state index in [1.807, 2.05) is 6.07 Å². The predicted molar refractivity (Wildman–Crippen MR) is 97.9 cm³/mol. The highest BCUT2D eigenvalue weighted by Gasteiger charge is 2.23. The fourth-order valence-electron chi connectivity index (χ4n) is 2.61. The fourth-order valence-corrected chi connectivity index (χ4v) is 3.79. The van der Waals surface area contributed by atoms with Gasteiger partial charge in [0.05, 0.1) is 19.3 Å². The van der Waals surface area contributed by atoms with E-state index < -0.39 is 0 Å². The Balaban J connectivity index is 1.58. The second-order valence-corrected chi connectivity index (χ2v) is 7.16. The number of morpholine rings is 1. The summed E-state index contributed by atoms with van der Waals surface area (Å²) in [6.07, 6.45) is 3.16. The van der Waals surface area contributed by atoms with Crippen LogP contribution in [0.25, 0.3) is 6.08 Å². The van der Waals surface area contributed by atoms with Gasteiger partial charge in [0.25, 0.3) is 0 Å². The number of halogens is 1. The number of hydrogen-bond acceptors (Lipinski definition) is 5. The summed E-state index contributed by atoms with van der Waals surface area (Å²) in [5, 5.41) is 5.06. The fraction of sp³-hybridized carbons (Fsp3) is 0.353. The third kappa shape index (κ3) is 4.80. The van der Waals surface area contributed by atoms with Gasteiger partial charge in [-0.2, -0.15) is 0 Å². The number of rotatable bonds is 6. The van der Waals surface area contributed by atoms with Crippen LogP contribution in [-0.4, -0.2) is 43.7 Å². The van der Waals surface area contributed by atoms with Crippen molar-refractivity contribution in [3.8, 4) is 0 Å². The van der Waals surface area contributed by atoms with Crippen molar-refractivity contribution in [3.05, 3.63) is 51.0 Å². The Morgan fingerprint density at radius 1 is 1.38 bits per heavy atom. The highest BCUT2D eigenvalue weighted by atomic mass is 79.9. The van der Waals surface area contributed by atoms with Crippen molar-refractivity contribution in [2.75, 3.05) is 32.8 Å². The van der Waals surface area contributed by atoms with Gasteiger partial charge in [-0.25, -0.2) is 0 Å². The van der Waals surface area contributed by atoms with Crippen LogP contribution in [0.2, 0.25) is 0 Å². The van der Waals surface area contributed by atoms with Gasteiger partial charge in [0, 0.05) is 30.6 Å². The molecule has 1 aliphatic heterocycles. The lowest BCUT2D eigenvalue weighted by molar-refractivity contribution is -0.116. The second-order valence-electron chi connectivity index (χ2n) is 5.40. The maximum atomic E-state index is 12.1. The molecule has 0 unspecified atom stereocenters. The quantitative estimate of drug-likeness (QED) is 0.742. The van der Waals surface area contributed by atoms with Crippen LogP contribution in [0.1, 0.15) is 16.7 Å². The number of carbonyl (C=O) groups is 1. The lowest BCUT2D eigenvalue weighted by Gasteiger charge is -2.34. The molecule has 1 saturated heterocycles. The SMILES string of the molecule is O=C(/C=C\c1ccc(Br)o1)NC[C@H](c1cccs1)N1CCOCC1. The summed E-state index contributed by atoms with van der Waals surface area (Å²) in [5.74, 6) is 0.511. The van der Waals surface area contributed by atoms with Crippen LogP contribution in [-0.2, 0) is 9.53 Å². The smallest absolute Gasteiger partial charge is 0.244 e. The monoisotopic (exact) mass is 410 g/mol. The standard InChI is InChI=1S/C17H19BrN2O3S/c18-16-5-3-13(23-16)4-6-17(21)19-12-14(15-2-1-11-24-15)20-7-9-22-10-8-20/h1-6,11,14H,7-10,12H2,(H,19,21)/b6-4-/t14-/m1/s1. The molecule has 0 aromatic carbocycles. The van der Waals surface area contributed by atoms with Gasteiger partial charge in [-0.15, -0.1) is 11.3 Å². The van der Waals surface area contributed by atoms with E-state index in [0.29, 0.717) is 17.0 Å². The number of ether oxygens (including phenoxy) is 1. The van der Waals surface area contributed by atoms with Crippen molar-refractivity contribution in [2.24, 2.45) is 0 Å². The van der Waals surface area contributed by atoms with Gasteiger partial charge >= 0.3 is 0 Å². The Kier molecular flexibility index (Phi) is 6.25. The molecule has 2 aromatic heterocycles. The van der Waals surface area contributed by atoms with Gasteiger partial charge in [-0.1, -0.05) is 6.07 Å². The molecule has 1 fully saturated rings. The third-order valence-electron chi connectivity index (χ3n) is 3.82. The van der Waals surface area contributed by atoms with Gasteiger partial charge in [0.1, 0.15) is 5.76 Å². The van der Waals surface area contributed by atoms with Gasteiger partial charge < -0.3 is 14.5 Å². The molecule has 1 N–H and O–H groups in total. The third-order valence-corrected chi connectivity index (χ3v) is 5.22. The van der Waals surface area contributed by atoms with Crippen molar-refractivity contribution < 1.29 is 13.9 Å². The van der Waals surface area contributed by atoms with E-state index >= 15 is 0 Å². The second kappa shape index (κ2) is 8.62. The summed E-state index contributed by atoms with van der Waals surface area (Å²) in [4.78, 5) is 15.7. The Morgan fingerprint density at radius 2 is 2.21 bits per heavy atom. The molecule has 7 heteroatoms. The Labute approximate surface area is 153 Å². The minimum Gasteiger partial charge on any atom is -0.450 e. The molecule has 2 aromatic rings. The van der Waals surface area contributed by atoms with Crippen molar-refractivity contribution in [1.82, 2.24) is 10.2 Å². The lowest BCUT2D eigenvalue weighted by atomic mass is 10.2. The first kappa shape index (κ1) is 17.4. The van der Waals surface area contributed by atoms with Crippen LogP contribution in [0.15, 0.2) is 44.8 Å². The first-order valence-corrected chi connectivity index (χ1v) is 9.46. The van der Waals surface area contributed by atoms with E-state index in [9.17, 15) is 4.79 Å². The molecule has 3 rings (SSSR count). The summed E-state index contributed by atoms with van der Waals surface area (Å²) >= 11 is 4.96. The maximum Gasteiger partial charge on any atom is 0.244 e. The molecule has 24 heavy (non-hydrogen) atoms. The zero-order valence-electron chi connectivity index (χ0n) is 13.1.